The Kier molecular flexibility index (Phi) is 5.68. The second-order valence-electron chi connectivity index (χ2n) is 3.54. The van der Waals surface area contributed by atoms with E-state index in [1.807, 2.05) is 33.2 Å². The van der Waals surface area contributed by atoms with Crippen molar-refractivity contribution in [2.45, 2.75) is 27.7 Å². The van der Waals surface area contributed by atoms with E-state index < -0.39 is 0 Å². The predicted octanol–water partition coefficient (Wildman–Crippen LogP) is 1.85. The van der Waals surface area contributed by atoms with Gasteiger partial charge in [-0.05, 0) is 12.0 Å². The molecule has 1 rings (SSSR count). The highest BCUT2D eigenvalue weighted by atomic mass is 15.2. The van der Waals surface area contributed by atoms with Crippen LogP contribution in [0, 0.1) is 5.92 Å². The number of hydrogen-bond acceptors (Lipinski definition) is 1. The Morgan fingerprint density at radius 1 is 1.47 bits per heavy atom. The molecule has 15 heavy (non-hydrogen) atoms. The van der Waals surface area contributed by atoms with E-state index in [4.69, 9.17) is 0 Å². The van der Waals surface area contributed by atoms with Crippen LogP contribution < -0.4 is 10.6 Å². The largest absolute Gasteiger partial charge is 0.269 e. The molecule has 84 valence electrons. The summed E-state index contributed by atoms with van der Waals surface area (Å²) in [6.45, 7) is 16.1. The lowest BCUT2D eigenvalue weighted by atomic mass is 10.0. The van der Waals surface area contributed by atoms with E-state index in [1.165, 1.54) is 0 Å². The zero-order valence-electron chi connectivity index (χ0n) is 10.5. The SMILES string of the molecule is C=C(/C=c1/cnn(C)c1=C)C(C)C.CC. The van der Waals surface area contributed by atoms with E-state index in [1.54, 1.807) is 4.68 Å². The minimum atomic E-state index is 0.472. The van der Waals surface area contributed by atoms with Crippen LogP contribution in [0.1, 0.15) is 27.7 Å². The van der Waals surface area contributed by atoms with E-state index >= 15 is 0 Å². The van der Waals surface area contributed by atoms with Crippen LogP contribution in [0.3, 0.4) is 0 Å². The molecule has 0 aromatic carbocycles. The highest BCUT2D eigenvalue weighted by Gasteiger charge is 1.96. The highest BCUT2D eigenvalue weighted by Crippen LogP contribution is 2.06. The monoisotopic (exact) mass is 206 g/mol. The second-order valence-corrected chi connectivity index (χ2v) is 3.54. The second kappa shape index (κ2) is 6.23. The van der Waals surface area contributed by atoms with Crippen molar-refractivity contribution in [3.8, 4) is 0 Å². The summed E-state index contributed by atoms with van der Waals surface area (Å²) in [5.41, 5.74) is 1.11. The third-order valence-electron chi connectivity index (χ3n) is 2.18. The number of allylic oxidation sites excluding steroid dienone is 1. The molecule has 0 radical (unpaired) electrons. The first kappa shape index (κ1) is 13.7. The van der Waals surface area contributed by atoms with Crippen LogP contribution in [0.2, 0.25) is 0 Å². The Bertz CT molecular complexity index is 410. The number of nitrogens with zero attached hydrogens (tertiary/aromatic N) is 2. The van der Waals surface area contributed by atoms with Gasteiger partial charge < -0.3 is 0 Å². The van der Waals surface area contributed by atoms with Gasteiger partial charge in [0.1, 0.15) is 0 Å². The number of aryl methyl sites for hydroxylation is 1. The van der Waals surface area contributed by atoms with Crippen LogP contribution in [-0.4, -0.2) is 9.78 Å². The van der Waals surface area contributed by atoms with Crippen molar-refractivity contribution >= 4 is 12.7 Å². The van der Waals surface area contributed by atoms with Crippen LogP contribution in [-0.2, 0) is 7.05 Å². The van der Waals surface area contributed by atoms with E-state index in [0.717, 1.165) is 16.1 Å². The summed E-state index contributed by atoms with van der Waals surface area (Å²) >= 11 is 0. The van der Waals surface area contributed by atoms with Gasteiger partial charge in [-0.3, -0.25) is 4.68 Å². The first-order valence-electron chi connectivity index (χ1n) is 5.40. The molecule has 0 N–H and O–H groups in total. The van der Waals surface area contributed by atoms with Crippen LogP contribution in [0.4, 0.5) is 0 Å². The fourth-order valence-electron chi connectivity index (χ4n) is 0.967. The standard InChI is InChI=1S/C11H16N2.C2H6/c1-8(2)9(3)6-11-7-12-13(5)10(11)4;1-2/h6-8H,3-4H2,1-2,5H3;1-2H3/b11-6-;. The van der Waals surface area contributed by atoms with Crippen LogP contribution in [0.25, 0.3) is 12.7 Å². The van der Waals surface area contributed by atoms with E-state index in [2.05, 4.69) is 32.1 Å². The van der Waals surface area contributed by atoms with Gasteiger partial charge in [0.05, 0.1) is 11.5 Å². The normalized spacial score (nSPS) is 11.2. The van der Waals surface area contributed by atoms with Gasteiger partial charge in [0, 0.05) is 12.3 Å². The van der Waals surface area contributed by atoms with Crippen molar-refractivity contribution in [1.29, 1.82) is 0 Å². The minimum Gasteiger partial charge on any atom is -0.269 e. The van der Waals surface area contributed by atoms with Crippen molar-refractivity contribution in [2.24, 2.45) is 13.0 Å². The maximum absolute atomic E-state index is 4.11. The first-order valence-corrected chi connectivity index (χ1v) is 5.40. The highest BCUT2D eigenvalue weighted by molar-refractivity contribution is 5.45. The molecule has 0 aliphatic heterocycles. The maximum Gasteiger partial charge on any atom is 0.0607 e. The van der Waals surface area contributed by atoms with Crippen molar-refractivity contribution < 1.29 is 0 Å². The molecule has 1 aromatic rings. The Hall–Kier alpha value is -1.31. The lowest BCUT2D eigenvalue weighted by Crippen LogP contribution is -2.26. The van der Waals surface area contributed by atoms with Crippen LogP contribution in [0.5, 0.6) is 0 Å². The van der Waals surface area contributed by atoms with Crippen molar-refractivity contribution in [1.82, 2.24) is 9.78 Å². The van der Waals surface area contributed by atoms with E-state index in [0.29, 0.717) is 5.92 Å². The molecule has 0 fully saturated rings. The molecule has 0 atom stereocenters. The molecular weight excluding hydrogens is 184 g/mol. The Morgan fingerprint density at radius 3 is 2.33 bits per heavy atom. The molecule has 2 nitrogen and oxygen atoms in total. The number of rotatable bonds is 2. The predicted molar refractivity (Wildman–Crippen MR) is 67.8 cm³/mol. The third kappa shape index (κ3) is 3.74. The van der Waals surface area contributed by atoms with Gasteiger partial charge in [-0.1, -0.05) is 46.4 Å². The molecule has 1 heterocycles. The van der Waals surface area contributed by atoms with Gasteiger partial charge in [0.25, 0.3) is 0 Å². The molecule has 0 amide bonds. The Balaban J connectivity index is 0.000000921. The summed E-state index contributed by atoms with van der Waals surface area (Å²) in [4.78, 5) is 0. The van der Waals surface area contributed by atoms with Crippen LogP contribution >= 0.6 is 0 Å². The molecule has 0 aliphatic carbocycles. The summed E-state index contributed by atoms with van der Waals surface area (Å²) in [5, 5.41) is 6.10. The summed E-state index contributed by atoms with van der Waals surface area (Å²) in [7, 11) is 1.89. The Morgan fingerprint density at radius 2 is 2.00 bits per heavy atom. The summed E-state index contributed by atoms with van der Waals surface area (Å²) in [6.07, 6.45) is 3.86. The average Bonchev–Trinajstić information content (AvgIpc) is 2.52. The van der Waals surface area contributed by atoms with Gasteiger partial charge in [0.15, 0.2) is 0 Å². The molecule has 1 aromatic heterocycles. The van der Waals surface area contributed by atoms with Crippen molar-refractivity contribution in [3.05, 3.63) is 28.9 Å². The fraction of sp³-hybridized carbons (Fsp3) is 0.462. The first-order chi connectivity index (χ1) is 7.02. The minimum absolute atomic E-state index is 0.472. The van der Waals surface area contributed by atoms with E-state index in [9.17, 15) is 0 Å². The zero-order valence-corrected chi connectivity index (χ0v) is 10.5. The molecule has 0 aliphatic rings. The number of hydrogen-bond donors (Lipinski definition) is 0. The smallest absolute Gasteiger partial charge is 0.0607 e. The van der Waals surface area contributed by atoms with Gasteiger partial charge in [-0.2, -0.15) is 5.10 Å². The van der Waals surface area contributed by atoms with Crippen molar-refractivity contribution in [2.75, 3.05) is 0 Å². The molecule has 2 heteroatoms. The fourth-order valence-corrected chi connectivity index (χ4v) is 0.967. The van der Waals surface area contributed by atoms with Gasteiger partial charge in [0.2, 0.25) is 0 Å². The van der Waals surface area contributed by atoms with E-state index in [-0.39, 0.29) is 0 Å². The topological polar surface area (TPSA) is 17.8 Å². The summed E-state index contributed by atoms with van der Waals surface area (Å²) < 4.78 is 1.76. The van der Waals surface area contributed by atoms with Gasteiger partial charge in [-0.15, -0.1) is 0 Å². The molecule has 0 saturated carbocycles. The average molecular weight is 206 g/mol. The lowest BCUT2D eigenvalue weighted by Gasteiger charge is -2.01. The molecule has 0 unspecified atom stereocenters. The maximum atomic E-state index is 4.11. The summed E-state index contributed by atoms with van der Waals surface area (Å²) in [6, 6.07) is 0. The third-order valence-corrected chi connectivity index (χ3v) is 2.18. The molecular formula is C13H22N2. The molecule has 0 spiro atoms. The molecule has 0 saturated heterocycles. The summed E-state index contributed by atoms with van der Waals surface area (Å²) in [5.74, 6) is 0.472. The lowest BCUT2D eigenvalue weighted by molar-refractivity contribution is 0.744. The van der Waals surface area contributed by atoms with Gasteiger partial charge in [-0.25, -0.2) is 0 Å². The molecule has 0 bridgehead atoms. The van der Waals surface area contributed by atoms with Gasteiger partial charge >= 0.3 is 0 Å². The zero-order chi connectivity index (χ0) is 12.0. The number of aromatic nitrogens is 2. The van der Waals surface area contributed by atoms with Crippen LogP contribution in [0.15, 0.2) is 18.3 Å². The Labute approximate surface area is 92.6 Å². The van der Waals surface area contributed by atoms with Crippen molar-refractivity contribution in [3.63, 3.8) is 0 Å². The quantitative estimate of drug-likeness (QED) is 0.722.